The van der Waals surface area contributed by atoms with Crippen LogP contribution >= 0.6 is 11.3 Å². The Morgan fingerprint density at radius 2 is 1.93 bits per heavy atom. The van der Waals surface area contributed by atoms with Crippen molar-refractivity contribution in [3.63, 3.8) is 0 Å². The number of fused-ring (bicyclic) bond motifs is 1. The molecule has 0 aliphatic heterocycles. The van der Waals surface area contributed by atoms with Gasteiger partial charge in [0.25, 0.3) is 5.91 Å². The summed E-state index contributed by atoms with van der Waals surface area (Å²) >= 11 is 1.29. The third-order valence-corrected chi connectivity index (χ3v) is 5.31. The second-order valence-corrected chi connectivity index (χ2v) is 7.15. The lowest BCUT2D eigenvalue weighted by atomic mass is 10.1. The number of benzene rings is 2. The van der Waals surface area contributed by atoms with Crippen LogP contribution < -0.4 is 4.80 Å². The SMILES string of the molecule is CCC(C(=O)OC)n1/c(=N/C(=O)c2ccc(C)cc2)sc2ccc(O)cc21. The summed E-state index contributed by atoms with van der Waals surface area (Å²) in [4.78, 5) is 29.6. The average molecular weight is 384 g/mol. The second kappa shape index (κ2) is 7.75. The minimum absolute atomic E-state index is 0.0742. The number of aryl methyl sites for hydroxylation is 1. The van der Waals surface area contributed by atoms with Gasteiger partial charge in [-0.1, -0.05) is 36.0 Å². The quantitative estimate of drug-likeness (QED) is 0.697. The van der Waals surface area contributed by atoms with Gasteiger partial charge in [0.05, 0.1) is 17.3 Å². The van der Waals surface area contributed by atoms with E-state index >= 15 is 0 Å². The number of nitrogens with zero attached hydrogens (tertiary/aromatic N) is 2. The van der Waals surface area contributed by atoms with E-state index < -0.39 is 12.0 Å². The minimum Gasteiger partial charge on any atom is -0.508 e. The van der Waals surface area contributed by atoms with Crippen molar-refractivity contribution in [3.8, 4) is 5.75 Å². The number of carbonyl (C=O) groups excluding carboxylic acids is 2. The smallest absolute Gasteiger partial charge is 0.328 e. The first-order valence-corrected chi connectivity index (χ1v) is 9.34. The monoisotopic (exact) mass is 384 g/mol. The molecule has 0 spiro atoms. The van der Waals surface area contributed by atoms with Crippen molar-refractivity contribution in [2.24, 2.45) is 4.99 Å². The molecule has 6 nitrogen and oxygen atoms in total. The summed E-state index contributed by atoms with van der Waals surface area (Å²) in [5, 5.41) is 9.88. The number of hydrogen-bond donors (Lipinski definition) is 1. The van der Waals surface area contributed by atoms with Crippen molar-refractivity contribution in [2.75, 3.05) is 7.11 Å². The highest BCUT2D eigenvalue weighted by Gasteiger charge is 2.23. The first kappa shape index (κ1) is 18.8. The molecule has 1 N–H and O–H groups in total. The normalized spacial score (nSPS) is 12.9. The van der Waals surface area contributed by atoms with Crippen LogP contribution in [0.3, 0.4) is 0 Å². The Bertz CT molecular complexity index is 1060. The van der Waals surface area contributed by atoms with Crippen molar-refractivity contribution in [1.29, 1.82) is 0 Å². The molecule has 0 aliphatic rings. The number of phenolic OH excluding ortho intramolecular Hbond substituents is 1. The lowest BCUT2D eigenvalue weighted by molar-refractivity contribution is -0.144. The lowest BCUT2D eigenvalue weighted by Crippen LogP contribution is -2.28. The fourth-order valence-electron chi connectivity index (χ4n) is 2.85. The maximum Gasteiger partial charge on any atom is 0.328 e. The summed E-state index contributed by atoms with van der Waals surface area (Å²) in [6.45, 7) is 3.80. The van der Waals surface area contributed by atoms with E-state index in [4.69, 9.17) is 4.74 Å². The molecule has 1 atom stereocenters. The molecule has 0 radical (unpaired) electrons. The van der Waals surface area contributed by atoms with Crippen LogP contribution in [0.25, 0.3) is 10.2 Å². The van der Waals surface area contributed by atoms with Gasteiger partial charge in [0.15, 0.2) is 4.80 Å². The summed E-state index contributed by atoms with van der Waals surface area (Å²) < 4.78 is 7.39. The molecule has 7 heteroatoms. The summed E-state index contributed by atoms with van der Waals surface area (Å²) in [5.41, 5.74) is 2.15. The Morgan fingerprint density at radius 1 is 1.22 bits per heavy atom. The zero-order valence-corrected chi connectivity index (χ0v) is 16.1. The van der Waals surface area contributed by atoms with Gasteiger partial charge in [0, 0.05) is 11.6 Å². The highest BCUT2D eigenvalue weighted by molar-refractivity contribution is 7.16. The molecular weight excluding hydrogens is 364 g/mol. The molecule has 1 amide bonds. The Balaban J connectivity index is 2.22. The van der Waals surface area contributed by atoms with Gasteiger partial charge in [-0.15, -0.1) is 0 Å². The van der Waals surface area contributed by atoms with Crippen LogP contribution in [0.4, 0.5) is 0 Å². The molecule has 0 saturated carbocycles. The zero-order chi connectivity index (χ0) is 19.6. The number of aromatic hydroxyl groups is 1. The number of phenols is 1. The Kier molecular flexibility index (Phi) is 5.41. The number of methoxy groups -OCH3 is 1. The summed E-state index contributed by atoms with van der Waals surface area (Å²) in [6.07, 6.45) is 0.458. The van der Waals surface area contributed by atoms with E-state index in [1.165, 1.54) is 18.4 Å². The minimum atomic E-state index is -0.643. The summed E-state index contributed by atoms with van der Waals surface area (Å²) in [5.74, 6) is -0.741. The maximum absolute atomic E-state index is 12.6. The van der Waals surface area contributed by atoms with E-state index in [0.717, 1.165) is 10.3 Å². The van der Waals surface area contributed by atoms with Crippen molar-refractivity contribution in [2.45, 2.75) is 26.3 Å². The highest BCUT2D eigenvalue weighted by Crippen LogP contribution is 2.26. The third-order valence-electron chi connectivity index (χ3n) is 4.28. The molecule has 1 aromatic heterocycles. The van der Waals surface area contributed by atoms with Crippen LogP contribution in [0, 0.1) is 6.92 Å². The Morgan fingerprint density at radius 3 is 2.56 bits per heavy atom. The molecule has 27 heavy (non-hydrogen) atoms. The number of hydrogen-bond acceptors (Lipinski definition) is 5. The van der Waals surface area contributed by atoms with Gasteiger partial charge >= 0.3 is 5.97 Å². The van der Waals surface area contributed by atoms with Crippen molar-refractivity contribution in [3.05, 3.63) is 58.4 Å². The van der Waals surface area contributed by atoms with Gasteiger partial charge in [-0.2, -0.15) is 4.99 Å². The lowest BCUT2D eigenvalue weighted by Gasteiger charge is -2.15. The Labute approximate surface area is 160 Å². The Hall–Kier alpha value is -2.93. The average Bonchev–Trinajstić information content (AvgIpc) is 3.00. The van der Waals surface area contributed by atoms with Gasteiger partial charge in [0.2, 0.25) is 0 Å². The predicted octanol–water partition coefficient (Wildman–Crippen LogP) is 3.58. The second-order valence-electron chi connectivity index (χ2n) is 6.14. The fraction of sp³-hybridized carbons (Fsp3) is 0.250. The number of carbonyl (C=O) groups is 2. The van der Waals surface area contributed by atoms with E-state index in [1.54, 1.807) is 34.9 Å². The van der Waals surface area contributed by atoms with Gasteiger partial charge in [-0.25, -0.2) is 4.79 Å². The van der Waals surface area contributed by atoms with Gasteiger partial charge in [-0.05, 0) is 37.6 Å². The molecule has 0 aliphatic carbocycles. The van der Waals surface area contributed by atoms with E-state index in [-0.39, 0.29) is 11.7 Å². The molecule has 0 fully saturated rings. The topological polar surface area (TPSA) is 80.9 Å². The molecule has 1 heterocycles. The third kappa shape index (κ3) is 3.78. The van der Waals surface area contributed by atoms with Crippen LogP contribution in [0.1, 0.15) is 35.3 Å². The number of amides is 1. The number of ether oxygens (including phenoxy) is 1. The predicted molar refractivity (Wildman–Crippen MR) is 104 cm³/mol. The highest BCUT2D eigenvalue weighted by atomic mass is 32.1. The van der Waals surface area contributed by atoms with Crippen LogP contribution in [-0.4, -0.2) is 28.7 Å². The maximum atomic E-state index is 12.6. The molecule has 2 aromatic carbocycles. The summed E-state index contributed by atoms with van der Waals surface area (Å²) in [7, 11) is 1.33. The van der Waals surface area contributed by atoms with Gasteiger partial charge in [-0.3, -0.25) is 4.79 Å². The molecule has 0 saturated heterocycles. The first-order valence-electron chi connectivity index (χ1n) is 8.52. The van der Waals surface area contributed by atoms with E-state index in [2.05, 4.69) is 4.99 Å². The van der Waals surface area contributed by atoms with E-state index in [9.17, 15) is 14.7 Å². The molecule has 140 valence electrons. The zero-order valence-electron chi connectivity index (χ0n) is 15.3. The fourth-order valence-corrected chi connectivity index (χ4v) is 3.89. The van der Waals surface area contributed by atoms with E-state index in [0.29, 0.717) is 22.3 Å². The largest absolute Gasteiger partial charge is 0.508 e. The molecular formula is C20H20N2O4S. The van der Waals surface area contributed by atoms with Crippen LogP contribution in [0.5, 0.6) is 5.75 Å². The number of rotatable bonds is 4. The molecule has 1 unspecified atom stereocenters. The standard InChI is InChI=1S/C20H20N2O4S/c1-4-15(19(25)26-3)22-16-11-14(23)9-10-17(16)27-20(22)21-18(24)13-7-5-12(2)6-8-13/h5-11,15,23H,4H2,1-3H3/b21-20-. The van der Waals surface area contributed by atoms with Gasteiger partial charge in [0.1, 0.15) is 11.8 Å². The number of esters is 1. The van der Waals surface area contributed by atoms with Crippen LogP contribution in [0.15, 0.2) is 47.5 Å². The summed E-state index contributed by atoms with van der Waals surface area (Å²) in [6, 6.07) is 11.4. The van der Waals surface area contributed by atoms with Crippen molar-refractivity contribution in [1.82, 2.24) is 4.57 Å². The van der Waals surface area contributed by atoms with Crippen LogP contribution in [0.2, 0.25) is 0 Å². The molecule has 0 bridgehead atoms. The number of aromatic nitrogens is 1. The van der Waals surface area contributed by atoms with Crippen molar-refractivity contribution < 1.29 is 19.4 Å². The molecule has 3 rings (SSSR count). The number of thiazole rings is 1. The van der Waals surface area contributed by atoms with Crippen molar-refractivity contribution >= 4 is 33.4 Å². The van der Waals surface area contributed by atoms with Gasteiger partial charge < -0.3 is 14.4 Å². The first-order chi connectivity index (χ1) is 12.9. The van der Waals surface area contributed by atoms with Crippen LogP contribution in [-0.2, 0) is 9.53 Å². The van der Waals surface area contributed by atoms with E-state index in [1.807, 2.05) is 26.0 Å². The molecule has 3 aromatic rings.